The standard InChI is InChI=1S/C11H15N5O2/c1-4-17-11-6-12-5-10(14-11)16(3)7-9-13-8(2)18-15-9/h5-6H,4,7H2,1-3H3. The van der Waals surface area contributed by atoms with Gasteiger partial charge in [0.15, 0.2) is 11.6 Å². The number of nitrogens with zero attached hydrogens (tertiary/aromatic N) is 5. The highest BCUT2D eigenvalue weighted by atomic mass is 16.5. The topological polar surface area (TPSA) is 77.2 Å². The number of rotatable bonds is 5. The highest BCUT2D eigenvalue weighted by Gasteiger charge is 2.09. The van der Waals surface area contributed by atoms with Crippen LogP contribution < -0.4 is 9.64 Å². The average molecular weight is 249 g/mol. The van der Waals surface area contributed by atoms with Crippen molar-refractivity contribution in [3.05, 3.63) is 24.1 Å². The van der Waals surface area contributed by atoms with Crippen molar-refractivity contribution in [2.24, 2.45) is 0 Å². The van der Waals surface area contributed by atoms with E-state index in [0.29, 0.717) is 36.6 Å². The maximum absolute atomic E-state index is 5.30. The van der Waals surface area contributed by atoms with E-state index >= 15 is 0 Å². The van der Waals surface area contributed by atoms with Crippen LogP contribution in [0.1, 0.15) is 18.6 Å². The van der Waals surface area contributed by atoms with Gasteiger partial charge in [-0.2, -0.15) is 9.97 Å². The van der Waals surface area contributed by atoms with Gasteiger partial charge < -0.3 is 14.2 Å². The van der Waals surface area contributed by atoms with Crippen molar-refractivity contribution in [2.45, 2.75) is 20.4 Å². The molecule has 0 bridgehead atoms. The number of aryl methyl sites for hydroxylation is 1. The first-order valence-corrected chi connectivity index (χ1v) is 5.64. The third-order valence-corrected chi connectivity index (χ3v) is 2.23. The predicted molar refractivity (Wildman–Crippen MR) is 64.3 cm³/mol. The molecule has 0 saturated heterocycles. The zero-order valence-electron chi connectivity index (χ0n) is 10.6. The van der Waals surface area contributed by atoms with Crippen molar-refractivity contribution in [1.82, 2.24) is 20.1 Å². The SMILES string of the molecule is CCOc1cncc(N(C)Cc2noc(C)n2)n1. The summed E-state index contributed by atoms with van der Waals surface area (Å²) in [4.78, 5) is 14.4. The second-order valence-corrected chi connectivity index (χ2v) is 3.73. The highest BCUT2D eigenvalue weighted by molar-refractivity contribution is 5.36. The fraction of sp³-hybridized carbons (Fsp3) is 0.455. The van der Waals surface area contributed by atoms with E-state index in [-0.39, 0.29) is 0 Å². The van der Waals surface area contributed by atoms with Gasteiger partial charge in [-0.05, 0) is 6.92 Å². The largest absolute Gasteiger partial charge is 0.477 e. The Morgan fingerprint density at radius 3 is 2.83 bits per heavy atom. The number of hydrogen-bond acceptors (Lipinski definition) is 7. The summed E-state index contributed by atoms with van der Waals surface area (Å²) in [5.74, 6) is 2.36. The maximum atomic E-state index is 5.30. The number of hydrogen-bond donors (Lipinski definition) is 0. The van der Waals surface area contributed by atoms with Crippen LogP contribution in [0, 0.1) is 6.92 Å². The Morgan fingerprint density at radius 2 is 2.17 bits per heavy atom. The van der Waals surface area contributed by atoms with Gasteiger partial charge in [0.2, 0.25) is 11.8 Å². The molecule has 7 heteroatoms. The lowest BCUT2D eigenvalue weighted by Gasteiger charge is -2.15. The lowest BCUT2D eigenvalue weighted by Crippen LogP contribution is -2.19. The summed E-state index contributed by atoms with van der Waals surface area (Å²) < 4.78 is 10.2. The number of anilines is 1. The van der Waals surface area contributed by atoms with E-state index < -0.39 is 0 Å². The van der Waals surface area contributed by atoms with Gasteiger partial charge in [0.05, 0.1) is 25.5 Å². The fourth-order valence-corrected chi connectivity index (χ4v) is 1.44. The van der Waals surface area contributed by atoms with Gasteiger partial charge in [0.25, 0.3) is 0 Å². The molecular formula is C11H15N5O2. The van der Waals surface area contributed by atoms with Crippen molar-refractivity contribution in [3.63, 3.8) is 0 Å². The molecule has 2 aromatic heterocycles. The van der Waals surface area contributed by atoms with Gasteiger partial charge in [-0.15, -0.1) is 0 Å². The Hall–Kier alpha value is -2.18. The summed E-state index contributed by atoms with van der Waals surface area (Å²) in [6.07, 6.45) is 3.24. The van der Waals surface area contributed by atoms with Gasteiger partial charge in [0, 0.05) is 14.0 Å². The van der Waals surface area contributed by atoms with Crippen molar-refractivity contribution >= 4 is 5.82 Å². The van der Waals surface area contributed by atoms with E-state index in [1.54, 1.807) is 19.3 Å². The molecule has 7 nitrogen and oxygen atoms in total. The molecule has 0 fully saturated rings. The van der Waals surface area contributed by atoms with Crippen LogP contribution in [0.4, 0.5) is 5.82 Å². The summed E-state index contributed by atoms with van der Waals surface area (Å²) in [6, 6.07) is 0. The quantitative estimate of drug-likeness (QED) is 0.787. The van der Waals surface area contributed by atoms with E-state index in [1.165, 1.54) is 0 Å². The summed E-state index contributed by atoms with van der Waals surface area (Å²) in [6.45, 7) is 4.72. The van der Waals surface area contributed by atoms with Gasteiger partial charge in [-0.25, -0.2) is 0 Å². The maximum Gasteiger partial charge on any atom is 0.234 e. The first kappa shape index (κ1) is 12.3. The molecule has 0 aromatic carbocycles. The van der Waals surface area contributed by atoms with Crippen LogP contribution in [0.3, 0.4) is 0 Å². The van der Waals surface area contributed by atoms with Gasteiger partial charge in [-0.3, -0.25) is 4.98 Å². The van der Waals surface area contributed by atoms with Gasteiger partial charge in [0.1, 0.15) is 0 Å². The van der Waals surface area contributed by atoms with Crippen molar-refractivity contribution in [2.75, 3.05) is 18.6 Å². The van der Waals surface area contributed by atoms with Gasteiger partial charge in [-0.1, -0.05) is 5.16 Å². The Bertz CT molecular complexity index is 514. The first-order valence-electron chi connectivity index (χ1n) is 5.64. The predicted octanol–water partition coefficient (Wildman–Crippen LogP) is 1.20. The monoisotopic (exact) mass is 249 g/mol. The summed E-state index contributed by atoms with van der Waals surface area (Å²) in [5.41, 5.74) is 0. The molecule has 0 amide bonds. The van der Waals surface area contributed by atoms with Crippen LogP contribution in [0.25, 0.3) is 0 Å². The molecule has 0 atom stereocenters. The minimum atomic E-state index is 0.502. The first-order chi connectivity index (χ1) is 8.69. The number of ether oxygens (including phenoxy) is 1. The van der Waals surface area contributed by atoms with Gasteiger partial charge >= 0.3 is 0 Å². The molecule has 0 spiro atoms. The lowest BCUT2D eigenvalue weighted by atomic mass is 10.5. The van der Waals surface area contributed by atoms with Crippen molar-refractivity contribution in [1.29, 1.82) is 0 Å². The molecule has 0 radical (unpaired) electrons. The Labute approximate surface area is 105 Å². The van der Waals surface area contributed by atoms with Crippen LogP contribution in [-0.4, -0.2) is 33.8 Å². The molecule has 0 unspecified atom stereocenters. The highest BCUT2D eigenvalue weighted by Crippen LogP contribution is 2.14. The van der Waals surface area contributed by atoms with E-state index in [4.69, 9.17) is 9.26 Å². The lowest BCUT2D eigenvalue weighted by molar-refractivity contribution is 0.325. The van der Waals surface area contributed by atoms with Crippen molar-refractivity contribution in [3.8, 4) is 5.88 Å². The summed E-state index contributed by atoms with van der Waals surface area (Å²) >= 11 is 0. The molecule has 0 N–H and O–H groups in total. The molecule has 0 aliphatic carbocycles. The van der Waals surface area contributed by atoms with Crippen LogP contribution in [-0.2, 0) is 6.54 Å². The Balaban J connectivity index is 2.08. The zero-order valence-corrected chi connectivity index (χ0v) is 10.6. The minimum Gasteiger partial charge on any atom is -0.477 e. The summed E-state index contributed by atoms with van der Waals surface area (Å²) in [5, 5.41) is 3.83. The molecule has 2 aromatic rings. The van der Waals surface area contributed by atoms with E-state index in [1.807, 2.05) is 18.9 Å². The number of aromatic nitrogens is 4. The molecule has 2 heterocycles. The molecule has 18 heavy (non-hydrogen) atoms. The van der Waals surface area contributed by atoms with Crippen molar-refractivity contribution < 1.29 is 9.26 Å². The molecule has 2 rings (SSSR count). The molecular weight excluding hydrogens is 234 g/mol. The molecule has 96 valence electrons. The second-order valence-electron chi connectivity index (χ2n) is 3.73. The minimum absolute atomic E-state index is 0.502. The van der Waals surface area contributed by atoms with E-state index in [0.717, 1.165) is 0 Å². The Kier molecular flexibility index (Phi) is 3.71. The average Bonchev–Trinajstić information content (AvgIpc) is 2.75. The zero-order chi connectivity index (χ0) is 13.0. The van der Waals surface area contributed by atoms with Crippen LogP contribution >= 0.6 is 0 Å². The fourth-order valence-electron chi connectivity index (χ4n) is 1.44. The van der Waals surface area contributed by atoms with E-state index in [2.05, 4.69) is 20.1 Å². The molecule has 0 aliphatic rings. The van der Waals surface area contributed by atoms with Crippen LogP contribution in [0.5, 0.6) is 5.88 Å². The summed E-state index contributed by atoms with van der Waals surface area (Å²) in [7, 11) is 1.88. The van der Waals surface area contributed by atoms with Crippen LogP contribution in [0.15, 0.2) is 16.9 Å². The Morgan fingerprint density at radius 1 is 1.33 bits per heavy atom. The molecule has 0 aliphatic heterocycles. The molecule has 0 saturated carbocycles. The van der Waals surface area contributed by atoms with E-state index in [9.17, 15) is 0 Å². The second kappa shape index (κ2) is 5.44. The van der Waals surface area contributed by atoms with Crippen LogP contribution in [0.2, 0.25) is 0 Å². The smallest absolute Gasteiger partial charge is 0.234 e. The normalized spacial score (nSPS) is 10.4. The third-order valence-electron chi connectivity index (χ3n) is 2.23. The third kappa shape index (κ3) is 2.93.